The Labute approximate surface area is 84.2 Å². The number of rotatable bonds is 2. The van der Waals surface area contributed by atoms with Gasteiger partial charge < -0.3 is 0 Å². The molecule has 1 unspecified atom stereocenters. The van der Waals surface area contributed by atoms with Crippen molar-refractivity contribution in [1.82, 2.24) is 9.78 Å². The second kappa shape index (κ2) is 3.66. The fourth-order valence-electron chi connectivity index (χ4n) is 1.53. The summed E-state index contributed by atoms with van der Waals surface area (Å²) in [6.45, 7) is 4.21. The van der Waals surface area contributed by atoms with Crippen molar-refractivity contribution >= 4 is 0 Å². The molecule has 1 atom stereocenters. The maximum absolute atomic E-state index is 4.31. The summed E-state index contributed by atoms with van der Waals surface area (Å²) in [6.07, 6.45) is 3.96. The van der Waals surface area contributed by atoms with Crippen LogP contribution in [0.3, 0.4) is 0 Å². The highest BCUT2D eigenvalue weighted by Gasteiger charge is 2.06. The normalized spacial score (nSPS) is 12.7. The molecule has 0 bridgehead atoms. The Morgan fingerprint density at radius 1 is 1.21 bits per heavy atom. The van der Waals surface area contributed by atoms with Crippen LogP contribution in [0, 0.1) is 6.92 Å². The zero-order valence-electron chi connectivity index (χ0n) is 8.51. The molecule has 2 nitrogen and oxygen atoms in total. The predicted octanol–water partition coefficient (Wildman–Crippen LogP) is 2.80. The molecule has 0 aliphatic heterocycles. The highest BCUT2D eigenvalue weighted by atomic mass is 15.3. The first kappa shape index (κ1) is 9.00. The summed E-state index contributed by atoms with van der Waals surface area (Å²) in [7, 11) is 0. The van der Waals surface area contributed by atoms with E-state index in [0.717, 1.165) is 0 Å². The van der Waals surface area contributed by atoms with Gasteiger partial charge in [-0.05, 0) is 25.0 Å². The van der Waals surface area contributed by atoms with Crippen LogP contribution < -0.4 is 0 Å². The van der Waals surface area contributed by atoms with Crippen LogP contribution in [0.2, 0.25) is 0 Å². The lowest BCUT2D eigenvalue weighted by Gasteiger charge is -2.11. The van der Waals surface area contributed by atoms with Crippen molar-refractivity contribution < 1.29 is 0 Å². The summed E-state index contributed by atoms with van der Waals surface area (Å²) >= 11 is 0. The van der Waals surface area contributed by atoms with Gasteiger partial charge in [-0.1, -0.05) is 30.3 Å². The van der Waals surface area contributed by atoms with E-state index in [1.807, 2.05) is 16.9 Å². The average molecular weight is 186 g/mol. The summed E-state index contributed by atoms with van der Waals surface area (Å²) in [5.74, 6) is 0. The molecule has 0 aliphatic carbocycles. The molecule has 0 aliphatic rings. The van der Waals surface area contributed by atoms with E-state index in [0.29, 0.717) is 6.04 Å². The van der Waals surface area contributed by atoms with Crippen molar-refractivity contribution in [3.63, 3.8) is 0 Å². The van der Waals surface area contributed by atoms with E-state index in [2.05, 4.69) is 49.4 Å². The maximum Gasteiger partial charge on any atom is 0.0740 e. The standard InChI is InChI=1S/C12H14N2/c1-10-8-13-14(9-10)11(2)12-6-4-3-5-7-12/h3-9,11H,1-2H3. The predicted molar refractivity (Wildman–Crippen MR) is 57.2 cm³/mol. The molecule has 1 aromatic heterocycles. The zero-order valence-corrected chi connectivity index (χ0v) is 8.51. The van der Waals surface area contributed by atoms with E-state index in [-0.39, 0.29) is 0 Å². The zero-order chi connectivity index (χ0) is 9.97. The number of aryl methyl sites for hydroxylation is 1. The molecule has 0 radical (unpaired) electrons. The molecule has 2 rings (SSSR count). The van der Waals surface area contributed by atoms with Crippen LogP contribution in [-0.4, -0.2) is 9.78 Å². The monoisotopic (exact) mass is 186 g/mol. The van der Waals surface area contributed by atoms with Crippen LogP contribution in [0.15, 0.2) is 42.7 Å². The lowest BCUT2D eigenvalue weighted by atomic mass is 10.1. The second-order valence-electron chi connectivity index (χ2n) is 3.58. The van der Waals surface area contributed by atoms with Gasteiger partial charge >= 0.3 is 0 Å². The van der Waals surface area contributed by atoms with Gasteiger partial charge in [0, 0.05) is 6.20 Å². The molecular weight excluding hydrogens is 172 g/mol. The average Bonchev–Trinajstić information content (AvgIpc) is 2.65. The molecular formula is C12H14N2. The van der Waals surface area contributed by atoms with Crippen LogP contribution in [0.5, 0.6) is 0 Å². The van der Waals surface area contributed by atoms with Crippen LogP contribution in [-0.2, 0) is 0 Å². The number of aromatic nitrogens is 2. The topological polar surface area (TPSA) is 17.8 Å². The van der Waals surface area contributed by atoms with E-state index in [1.165, 1.54) is 11.1 Å². The fraction of sp³-hybridized carbons (Fsp3) is 0.250. The van der Waals surface area contributed by atoms with Crippen molar-refractivity contribution in [3.8, 4) is 0 Å². The highest BCUT2D eigenvalue weighted by Crippen LogP contribution is 2.16. The van der Waals surface area contributed by atoms with E-state index in [4.69, 9.17) is 0 Å². The SMILES string of the molecule is Cc1cnn(C(C)c2ccccc2)c1. The minimum Gasteiger partial charge on any atom is -0.265 e. The van der Waals surface area contributed by atoms with Crippen LogP contribution in [0.4, 0.5) is 0 Å². The molecule has 0 saturated heterocycles. The minimum atomic E-state index is 0.310. The Hall–Kier alpha value is -1.57. The Morgan fingerprint density at radius 3 is 2.50 bits per heavy atom. The highest BCUT2D eigenvalue weighted by molar-refractivity contribution is 5.19. The summed E-state index contributed by atoms with van der Waals surface area (Å²) < 4.78 is 1.99. The third-order valence-corrected chi connectivity index (χ3v) is 2.41. The molecule has 0 N–H and O–H groups in total. The molecule has 2 heteroatoms. The smallest absolute Gasteiger partial charge is 0.0740 e. The first-order chi connectivity index (χ1) is 6.77. The van der Waals surface area contributed by atoms with Gasteiger partial charge in [-0.25, -0.2) is 0 Å². The third kappa shape index (κ3) is 1.69. The molecule has 14 heavy (non-hydrogen) atoms. The summed E-state index contributed by atoms with van der Waals surface area (Å²) in [4.78, 5) is 0. The second-order valence-corrected chi connectivity index (χ2v) is 3.58. The van der Waals surface area contributed by atoms with Gasteiger partial charge in [-0.2, -0.15) is 5.10 Å². The molecule has 1 heterocycles. The molecule has 0 amide bonds. The van der Waals surface area contributed by atoms with Crippen molar-refractivity contribution in [2.24, 2.45) is 0 Å². The van der Waals surface area contributed by atoms with Crippen LogP contribution >= 0.6 is 0 Å². The Balaban J connectivity index is 2.29. The van der Waals surface area contributed by atoms with Gasteiger partial charge in [-0.15, -0.1) is 0 Å². The Kier molecular flexibility index (Phi) is 2.35. The molecule has 2 aromatic rings. The van der Waals surface area contributed by atoms with Crippen molar-refractivity contribution in [3.05, 3.63) is 53.9 Å². The van der Waals surface area contributed by atoms with Crippen LogP contribution in [0.1, 0.15) is 24.1 Å². The minimum absolute atomic E-state index is 0.310. The number of hydrogen-bond acceptors (Lipinski definition) is 1. The third-order valence-electron chi connectivity index (χ3n) is 2.41. The summed E-state index contributed by atoms with van der Waals surface area (Å²) in [6, 6.07) is 10.7. The maximum atomic E-state index is 4.31. The largest absolute Gasteiger partial charge is 0.265 e. The molecule has 0 fully saturated rings. The number of hydrogen-bond donors (Lipinski definition) is 0. The van der Waals surface area contributed by atoms with Gasteiger partial charge in [0.25, 0.3) is 0 Å². The van der Waals surface area contributed by atoms with E-state index >= 15 is 0 Å². The van der Waals surface area contributed by atoms with Crippen molar-refractivity contribution in [2.75, 3.05) is 0 Å². The van der Waals surface area contributed by atoms with Gasteiger partial charge in [0.1, 0.15) is 0 Å². The fourth-order valence-corrected chi connectivity index (χ4v) is 1.53. The molecule has 1 aromatic carbocycles. The van der Waals surface area contributed by atoms with Crippen molar-refractivity contribution in [2.45, 2.75) is 19.9 Å². The van der Waals surface area contributed by atoms with E-state index in [9.17, 15) is 0 Å². The number of nitrogens with zero attached hydrogens (tertiary/aromatic N) is 2. The van der Waals surface area contributed by atoms with Crippen molar-refractivity contribution in [1.29, 1.82) is 0 Å². The quantitative estimate of drug-likeness (QED) is 0.705. The van der Waals surface area contributed by atoms with E-state index < -0.39 is 0 Å². The van der Waals surface area contributed by atoms with Gasteiger partial charge in [0.15, 0.2) is 0 Å². The first-order valence-corrected chi connectivity index (χ1v) is 4.83. The lowest BCUT2D eigenvalue weighted by molar-refractivity contribution is 0.564. The van der Waals surface area contributed by atoms with Gasteiger partial charge in [-0.3, -0.25) is 4.68 Å². The molecule has 0 saturated carbocycles. The first-order valence-electron chi connectivity index (χ1n) is 4.83. The van der Waals surface area contributed by atoms with E-state index in [1.54, 1.807) is 0 Å². The Bertz CT molecular complexity index is 403. The summed E-state index contributed by atoms with van der Waals surface area (Å²) in [5.41, 5.74) is 2.49. The molecule has 72 valence electrons. The Morgan fingerprint density at radius 2 is 1.93 bits per heavy atom. The molecule has 0 spiro atoms. The lowest BCUT2D eigenvalue weighted by Crippen LogP contribution is -2.06. The van der Waals surface area contributed by atoms with Gasteiger partial charge in [0.2, 0.25) is 0 Å². The number of benzene rings is 1. The van der Waals surface area contributed by atoms with Crippen LogP contribution in [0.25, 0.3) is 0 Å². The summed E-state index contributed by atoms with van der Waals surface area (Å²) in [5, 5.41) is 4.31. The van der Waals surface area contributed by atoms with Gasteiger partial charge in [0.05, 0.1) is 12.2 Å².